The highest BCUT2D eigenvalue weighted by Gasteiger charge is 2.24. The Balaban J connectivity index is 1.86. The molecule has 1 saturated heterocycles. The average molecular weight is 355 g/mol. The van der Waals surface area contributed by atoms with E-state index >= 15 is 0 Å². The Morgan fingerprint density at radius 1 is 1.12 bits per heavy atom. The van der Waals surface area contributed by atoms with Crippen molar-refractivity contribution in [1.82, 2.24) is 9.97 Å². The molecule has 6 heteroatoms. The number of nitrogens with zero attached hydrogens (tertiary/aromatic N) is 2. The molecular formula is C19H18FN3OS. The Bertz CT molecular complexity index is 876. The zero-order valence-corrected chi connectivity index (χ0v) is 14.4. The fraction of sp³-hybridized carbons (Fsp3) is 0.263. The molecule has 2 aromatic heterocycles. The molecule has 1 fully saturated rings. The lowest BCUT2D eigenvalue weighted by Gasteiger charge is -2.19. The molecule has 25 heavy (non-hydrogen) atoms. The Labute approximate surface area is 149 Å². The van der Waals surface area contributed by atoms with E-state index in [0.717, 1.165) is 41.5 Å². The molecule has 3 aromatic rings. The number of nitrogens with two attached hydrogens (primary N) is 1. The maximum Gasteiger partial charge on any atom is 0.155 e. The van der Waals surface area contributed by atoms with Crippen molar-refractivity contribution in [2.75, 3.05) is 18.9 Å². The van der Waals surface area contributed by atoms with Gasteiger partial charge in [-0.3, -0.25) is 4.98 Å². The SMILES string of the molecule is Nc1cccc(-c2nc(C3CCOCC3)sc2-c2ccncc2)c1F. The summed E-state index contributed by atoms with van der Waals surface area (Å²) in [6.45, 7) is 1.49. The third-order valence-corrected chi connectivity index (χ3v) is 5.71. The highest BCUT2D eigenvalue weighted by atomic mass is 32.1. The van der Waals surface area contributed by atoms with Gasteiger partial charge in [-0.15, -0.1) is 11.3 Å². The van der Waals surface area contributed by atoms with E-state index in [0.29, 0.717) is 17.2 Å². The van der Waals surface area contributed by atoms with Crippen LogP contribution in [-0.4, -0.2) is 23.2 Å². The summed E-state index contributed by atoms with van der Waals surface area (Å²) in [7, 11) is 0. The third kappa shape index (κ3) is 3.15. The number of hydrogen-bond acceptors (Lipinski definition) is 5. The number of rotatable bonds is 3. The smallest absolute Gasteiger partial charge is 0.155 e. The average Bonchev–Trinajstić information content (AvgIpc) is 3.11. The Kier molecular flexibility index (Phi) is 4.46. The first-order valence-corrected chi connectivity index (χ1v) is 9.09. The van der Waals surface area contributed by atoms with Crippen LogP contribution in [0.2, 0.25) is 0 Å². The minimum atomic E-state index is -0.415. The number of nitrogen functional groups attached to an aromatic ring is 1. The summed E-state index contributed by atoms with van der Waals surface area (Å²) in [6.07, 6.45) is 5.37. The van der Waals surface area contributed by atoms with Crippen LogP contribution in [0, 0.1) is 5.82 Å². The molecule has 0 amide bonds. The van der Waals surface area contributed by atoms with Crippen molar-refractivity contribution in [1.29, 1.82) is 0 Å². The van der Waals surface area contributed by atoms with Crippen LogP contribution in [0.4, 0.5) is 10.1 Å². The monoisotopic (exact) mass is 355 g/mol. The number of ether oxygens (including phenoxy) is 1. The zero-order valence-electron chi connectivity index (χ0n) is 13.6. The van der Waals surface area contributed by atoms with Gasteiger partial charge in [-0.2, -0.15) is 0 Å². The Morgan fingerprint density at radius 2 is 1.88 bits per heavy atom. The second kappa shape index (κ2) is 6.90. The molecule has 2 N–H and O–H groups in total. The largest absolute Gasteiger partial charge is 0.396 e. The van der Waals surface area contributed by atoms with Gasteiger partial charge in [0.1, 0.15) is 0 Å². The number of pyridine rings is 1. The number of benzene rings is 1. The van der Waals surface area contributed by atoms with Crippen molar-refractivity contribution in [3.8, 4) is 21.7 Å². The molecule has 128 valence electrons. The number of halogens is 1. The fourth-order valence-electron chi connectivity index (χ4n) is 3.07. The molecule has 0 unspecified atom stereocenters. The first-order chi connectivity index (χ1) is 12.2. The van der Waals surface area contributed by atoms with E-state index in [2.05, 4.69) is 4.98 Å². The van der Waals surface area contributed by atoms with E-state index in [1.54, 1.807) is 41.9 Å². The van der Waals surface area contributed by atoms with E-state index < -0.39 is 5.82 Å². The molecule has 0 spiro atoms. The molecule has 1 aromatic carbocycles. The van der Waals surface area contributed by atoms with Crippen molar-refractivity contribution >= 4 is 17.0 Å². The normalized spacial score (nSPS) is 15.4. The van der Waals surface area contributed by atoms with Crippen LogP contribution in [0.15, 0.2) is 42.7 Å². The summed E-state index contributed by atoms with van der Waals surface area (Å²) in [6, 6.07) is 8.91. The lowest BCUT2D eigenvalue weighted by molar-refractivity contribution is 0.0853. The summed E-state index contributed by atoms with van der Waals surface area (Å²) in [5, 5.41) is 1.03. The second-order valence-corrected chi connectivity index (χ2v) is 7.09. The summed E-state index contributed by atoms with van der Waals surface area (Å²) in [5.41, 5.74) is 8.00. The van der Waals surface area contributed by atoms with Crippen molar-refractivity contribution < 1.29 is 9.13 Å². The summed E-state index contributed by atoms with van der Waals surface area (Å²) in [4.78, 5) is 9.86. The maximum atomic E-state index is 14.6. The molecule has 1 aliphatic heterocycles. The molecule has 0 bridgehead atoms. The lowest BCUT2D eigenvalue weighted by atomic mass is 10.0. The van der Waals surface area contributed by atoms with Crippen LogP contribution in [0.3, 0.4) is 0 Å². The van der Waals surface area contributed by atoms with Crippen LogP contribution < -0.4 is 5.73 Å². The minimum Gasteiger partial charge on any atom is -0.396 e. The quantitative estimate of drug-likeness (QED) is 0.703. The number of aromatic nitrogens is 2. The first kappa shape index (κ1) is 16.2. The molecular weight excluding hydrogens is 337 g/mol. The van der Waals surface area contributed by atoms with Crippen molar-refractivity contribution in [2.24, 2.45) is 0 Å². The number of anilines is 1. The van der Waals surface area contributed by atoms with Crippen molar-refractivity contribution in [3.63, 3.8) is 0 Å². The summed E-state index contributed by atoms with van der Waals surface area (Å²) >= 11 is 1.63. The number of hydrogen-bond donors (Lipinski definition) is 1. The third-order valence-electron chi connectivity index (χ3n) is 4.44. The van der Waals surface area contributed by atoms with Gasteiger partial charge in [0.2, 0.25) is 0 Å². The van der Waals surface area contributed by atoms with Crippen LogP contribution in [0.25, 0.3) is 21.7 Å². The van der Waals surface area contributed by atoms with E-state index in [4.69, 9.17) is 15.5 Å². The van der Waals surface area contributed by atoms with Gasteiger partial charge in [-0.05, 0) is 42.7 Å². The van der Waals surface area contributed by atoms with Crippen molar-refractivity contribution in [3.05, 3.63) is 53.6 Å². The van der Waals surface area contributed by atoms with E-state index in [1.807, 2.05) is 12.1 Å². The van der Waals surface area contributed by atoms with E-state index in [1.165, 1.54) is 0 Å². The van der Waals surface area contributed by atoms with E-state index in [-0.39, 0.29) is 5.69 Å². The second-order valence-electron chi connectivity index (χ2n) is 6.06. The van der Waals surface area contributed by atoms with Crippen LogP contribution >= 0.6 is 11.3 Å². The van der Waals surface area contributed by atoms with Gasteiger partial charge in [0.15, 0.2) is 5.82 Å². The molecule has 3 heterocycles. The maximum absolute atomic E-state index is 14.6. The Hall–Kier alpha value is -2.31. The van der Waals surface area contributed by atoms with Gasteiger partial charge in [-0.1, -0.05) is 6.07 Å². The predicted octanol–water partition coefficient (Wildman–Crippen LogP) is 4.49. The molecule has 0 aliphatic carbocycles. The molecule has 4 nitrogen and oxygen atoms in total. The molecule has 0 atom stereocenters. The Morgan fingerprint density at radius 3 is 2.64 bits per heavy atom. The number of thiazole rings is 1. The fourth-order valence-corrected chi connectivity index (χ4v) is 4.32. The minimum absolute atomic E-state index is 0.138. The van der Waals surface area contributed by atoms with E-state index in [9.17, 15) is 4.39 Å². The summed E-state index contributed by atoms with van der Waals surface area (Å²) in [5.74, 6) is -0.0566. The highest BCUT2D eigenvalue weighted by molar-refractivity contribution is 7.15. The predicted molar refractivity (Wildman–Crippen MR) is 97.9 cm³/mol. The van der Waals surface area contributed by atoms with Gasteiger partial charge in [0.05, 0.1) is 21.3 Å². The van der Waals surface area contributed by atoms with Crippen molar-refractivity contribution in [2.45, 2.75) is 18.8 Å². The molecule has 4 rings (SSSR count). The molecule has 0 radical (unpaired) electrons. The topological polar surface area (TPSA) is 61.0 Å². The van der Waals surface area contributed by atoms with Gasteiger partial charge in [0, 0.05) is 37.1 Å². The lowest BCUT2D eigenvalue weighted by Crippen LogP contribution is -2.13. The molecule has 1 aliphatic rings. The van der Waals surface area contributed by atoms with Crippen LogP contribution in [-0.2, 0) is 4.74 Å². The van der Waals surface area contributed by atoms with Gasteiger partial charge in [-0.25, -0.2) is 9.37 Å². The van der Waals surface area contributed by atoms with Gasteiger partial charge < -0.3 is 10.5 Å². The van der Waals surface area contributed by atoms with Crippen LogP contribution in [0.1, 0.15) is 23.8 Å². The molecule has 0 saturated carbocycles. The summed E-state index contributed by atoms with van der Waals surface area (Å²) < 4.78 is 20.1. The standard InChI is InChI=1S/C19H18FN3OS/c20-16-14(2-1-3-15(16)21)17-18(12-4-8-22-9-5-12)25-19(23-17)13-6-10-24-11-7-13/h1-5,8-9,13H,6-7,10-11,21H2. The highest BCUT2D eigenvalue weighted by Crippen LogP contribution is 2.42. The first-order valence-electron chi connectivity index (χ1n) is 8.27. The zero-order chi connectivity index (χ0) is 17.2. The van der Waals surface area contributed by atoms with Crippen LogP contribution in [0.5, 0.6) is 0 Å². The van der Waals surface area contributed by atoms with Gasteiger partial charge in [0.25, 0.3) is 0 Å². The van der Waals surface area contributed by atoms with Gasteiger partial charge >= 0.3 is 0 Å².